The van der Waals surface area contributed by atoms with E-state index in [1.165, 1.54) is 0 Å². The van der Waals surface area contributed by atoms with Crippen molar-refractivity contribution in [3.05, 3.63) is 36.0 Å². The SMILES string of the molecule is O=C(O)C1CNC(Cc2c[nH]c3ccccc23)C(=O)N1. The fourth-order valence-electron chi connectivity index (χ4n) is 2.51. The minimum Gasteiger partial charge on any atom is -0.480 e. The zero-order valence-corrected chi connectivity index (χ0v) is 10.7. The van der Waals surface area contributed by atoms with Gasteiger partial charge in [0.25, 0.3) is 0 Å². The summed E-state index contributed by atoms with van der Waals surface area (Å²) in [7, 11) is 0. The van der Waals surface area contributed by atoms with Crippen molar-refractivity contribution in [1.29, 1.82) is 0 Å². The molecule has 4 N–H and O–H groups in total. The van der Waals surface area contributed by atoms with Gasteiger partial charge in [-0.25, -0.2) is 4.79 Å². The Bertz CT molecular complexity index is 664. The van der Waals surface area contributed by atoms with E-state index in [0.29, 0.717) is 6.42 Å². The van der Waals surface area contributed by atoms with Crippen LogP contribution in [0.25, 0.3) is 10.9 Å². The summed E-state index contributed by atoms with van der Waals surface area (Å²) in [6, 6.07) is 6.64. The van der Waals surface area contributed by atoms with E-state index in [0.717, 1.165) is 16.5 Å². The third-order valence-electron chi connectivity index (χ3n) is 3.60. The molecule has 20 heavy (non-hydrogen) atoms. The van der Waals surface area contributed by atoms with Crippen LogP contribution in [-0.4, -0.2) is 40.6 Å². The summed E-state index contributed by atoms with van der Waals surface area (Å²) < 4.78 is 0. The standard InChI is InChI=1S/C14H15N3O3/c18-13-11(16-7-12(17-13)14(19)20)5-8-6-15-10-4-2-1-3-9(8)10/h1-4,6,11-12,15-16H,5,7H2,(H,17,18)(H,19,20). The number of aliphatic carboxylic acids is 1. The Morgan fingerprint density at radius 1 is 1.35 bits per heavy atom. The summed E-state index contributed by atoms with van der Waals surface area (Å²) in [5.74, 6) is -1.29. The molecule has 6 nitrogen and oxygen atoms in total. The summed E-state index contributed by atoms with van der Waals surface area (Å²) in [5.41, 5.74) is 2.07. The van der Waals surface area contributed by atoms with Gasteiger partial charge in [-0.1, -0.05) is 18.2 Å². The lowest BCUT2D eigenvalue weighted by molar-refractivity contribution is -0.143. The van der Waals surface area contributed by atoms with Gasteiger partial charge in [0.15, 0.2) is 0 Å². The molecule has 1 aromatic heterocycles. The summed E-state index contributed by atoms with van der Waals surface area (Å²) in [6.45, 7) is 0.244. The number of para-hydroxylation sites is 1. The van der Waals surface area contributed by atoms with Crippen molar-refractivity contribution in [1.82, 2.24) is 15.6 Å². The van der Waals surface area contributed by atoms with Crippen LogP contribution in [0.4, 0.5) is 0 Å². The molecule has 0 spiro atoms. The molecule has 1 saturated heterocycles. The number of fused-ring (bicyclic) bond motifs is 1. The second kappa shape index (κ2) is 4.97. The van der Waals surface area contributed by atoms with Crippen LogP contribution >= 0.6 is 0 Å². The van der Waals surface area contributed by atoms with E-state index in [-0.39, 0.29) is 12.5 Å². The molecule has 2 unspecified atom stereocenters. The van der Waals surface area contributed by atoms with Crippen molar-refractivity contribution >= 4 is 22.8 Å². The molecule has 6 heteroatoms. The first-order chi connectivity index (χ1) is 9.65. The molecular formula is C14H15N3O3. The van der Waals surface area contributed by atoms with Crippen LogP contribution in [0.5, 0.6) is 0 Å². The second-order valence-electron chi connectivity index (χ2n) is 4.92. The molecule has 3 rings (SSSR count). The summed E-state index contributed by atoms with van der Waals surface area (Å²) in [4.78, 5) is 25.9. The zero-order chi connectivity index (χ0) is 14.1. The van der Waals surface area contributed by atoms with Crippen molar-refractivity contribution < 1.29 is 14.7 Å². The van der Waals surface area contributed by atoms with Gasteiger partial charge in [0.05, 0.1) is 6.04 Å². The van der Waals surface area contributed by atoms with Crippen LogP contribution in [-0.2, 0) is 16.0 Å². The largest absolute Gasteiger partial charge is 0.480 e. The van der Waals surface area contributed by atoms with Crippen molar-refractivity contribution in [3.63, 3.8) is 0 Å². The molecule has 0 saturated carbocycles. The lowest BCUT2D eigenvalue weighted by Gasteiger charge is -2.27. The Morgan fingerprint density at radius 3 is 2.90 bits per heavy atom. The van der Waals surface area contributed by atoms with Gasteiger partial charge in [-0.2, -0.15) is 0 Å². The van der Waals surface area contributed by atoms with Gasteiger partial charge >= 0.3 is 5.97 Å². The summed E-state index contributed by atoms with van der Waals surface area (Å²) in [5, 5.41) is 15.5. The van der Waals surface area contributed by atoms with Crippen LogP contribution in [0, 0.1) is 0 Å². The molecular weight excluding hydrogens is 258 g/mol. The molecule has 0 bridgehead atoms. The number of aromatic nitrogens is 1. The van der Waals surface area contributed by atoms with E-state index in [9.17, 15) is 9.59 Å². The highest BCUT2D eigenvalue weighted by atomic mass is 16.4. The highest BCUT2D eigenvalue weighted by molar-refractivity contribution is 5.90. The first kappa shape index (κ1) is 12.7. The topological polar surface area (TPSA) is 94.2 Å². The number of amides is 1. The van der Waals surface area contributed by atoms with E-state index < -0.39 is 18.1 Å². The molecule has 0 radical (unpaired) electrons. The van der Waals surface area contributed by atoms with Crippen molar-refractivity contribution in [2.45, 2.75) is 18.5 Å². The Labute approximate surface area is 115 Å². The van der Waals surface area contributed by atoms with Gasteiger partial charge in [-0.05, 0) is 18.1 Å². The molecule has 2 heterocycles. The molecule has 1 aliphatic heterocycles. The maximum Gasteiger partial charge on any atom is 0.327 e. The number of piperazine rings is 1. The number of H-pyrrole nitrogens is 1. The predicted molar refractivity (Wildman–Crippen MR) is 73.4 cm³/mol. The molecule has 1 aliphatic rings. The van der Waals surface area contributed by atoms with E-state index in [1.54, 1.807) is 0 Å². The van der Waals surface area contributed by atoms with Crippen LogP contribution < -0.4 is 10.6 Å². The number of hydrogen-bond acceptors (Lipinski definition) is 3. The Hall–Kier alpha value is -2.34. The van der Waals surface area contributed by atoms with Gasteiger partial charge in [0.1, 0.15) is 6.04 Å². The summed E-state index contributed by atoms with van der Waals surface area (Å²) >= 11 is 0. The van der Waals surface area contributed by atoms with Gasteiger partial charge in [-0.15, -0.1) is 0 Å². The number of nitrogens with one attached hydrogen (secondary N) is 3. The lowest BCUT2D eigenvalue weighted by Crippen LogP contribution is -2.61. The molecule has 0 aliphatic carbocycles. The van der Waals surface area contributed by atoms with Gasteiger partial charge < -0.3 is 20.7 Å². The van der Waals surface area contributed by atoms with E-state index in [2.05, 4.69) is 15.6 Å². The highest BCUT2D eigenvalue weighted by Crippen LogP contribution is 2.19. The number of carboxylic acids is 1. The normalized spacial score (nSPS) is 22.7. The van der Waals surface area contributed by atoms with Crippen LogP contribution in [0.15, 0.2) is 30.5 Å². The monoisotopic (exact) mass is 273 g/mol. The first-order valence-electron chi connectivity index (χ1n) is 6.46. The van der Waals surface area contributed by atoms with Crippen LogP contribution in [0.3, 0.4) is 0 Å². The van der Waals surface area contributed by atoms with Gasteiger partial charge in [0.2, 0.25) is 5.91 Å². The Balaban J connectivity index is 1.75. The number of carbonyl (C=O) groups is 2. The maximum atomic E-state index is 11.9. The number of aromatic amines is 1. The molecule has 1 fully saturated rings. The van der Waals surface area contributed by atoms with Gasteiger partial charge in [0, 0.05) is 23.6 Å². The van der Waals surface area contributed by atoms with Crippen molar-refractivity contribution in [2.75, 3.05) is 6.54 Å². The second-order valence-corrected chi connectivity index (χ2v) is 4.92. The number of carboxylic acid groups (broad SMARTS) is 1. The number of hydrogen-bond donors (Lipinski definition) is 4. The van der Waals surface area contributed by atoms with Crippen LogP contribution in [0.2, 0.25) is 0 Å². The Kier molecular flexibility index (Phi) is 3.15. The minimum atomic E-state index is -1.02. The average Bonchev–Trinajstić information content (AvgIpc) is 2.84. The third-order valence-corrected chi connectivity index (χ3v) is 3.60. The number of rotatable bonds is 3. The lowest BCUT2D eigenvalue weighted by atomic mass is 10.0. The van der Waals surface area contributed by atoms with Crippen LogP contribution in [0.1, 0.15) is 5.56 Å². The third kappa shape index (κ3) is 2.25. The fraction of sp³-hybridized carbons (Fsp3) is 0.286. The predicted octanol–water partition coefficient (Wildman–Crippen LogP) is 0.252. The smallest absolute Gasteiger partial charge is 0.327 e. The minimum absolute atomic E-state index is 0.244. The van der Waals surface area contributed by atoms with E-state index >= 15 is 0 Å². The molecule has 104 valence electrons. The maximum absolute atomic E-state index is 11.9. The average molecular weight is 273 g/mol. The van der Waals surface area contributed by atoms with Crippen molar-refractivity contribution in [2.24, 2.45) is 0 Å². The Morgan fingerprint density at radius 2 is 2.15 bits per heavy atom. The van der Waals surface area contributed by atoms with E-state index in [4.69, 9.17) is 5.11 Å². The number of benzene rings is 1. The van der Waals surface area contributed by atoms with E-state index in [1.807, 2.05) is 30.5 Å². The molecule has 2 aromatic rings. The highest BCUT2D eigenvalue weighted by Gasteiger charge is 2.31. The summed E-state index contributed by atoms with van der Waals surface area (Å²) in [6.07, 6.45) is 2.42. The zero-order valence-electron chi connectivity index (χ0n) is 10.7. The van der Waals surface area contributed by atoms with Crippen molar-refractivity contribution in [3.8, 4) is 0 Å². The quantitative estimate of drug-likeness (QED) is 0.645. The number of carbonyl (C=O) groups excluding carboxylic acids is 1. The molecule has 2 atom stereocenters. The molecule has 1 amide bonds. The molecule has 1 aromatic carbocycles. The fourth-order valence-corrected chi connectivity index (χ4v) is 2.51. The van der Waals surface area contributed by atoms with Gasteiger partial charge in [-0.3, -0.25) is 4.79 Å². The first-order valence-corrected chi connectivity index (χ1v) is 6.46.